The van der Waals surface area contributed by atoms with Crippen molar-refractivity contribution in [2.75, 3.05) is 13.7 Å². The molecule has 1 aromatic rings. The number of hydrogen-bond donors (Lipinski definition) is 3. The molecule has 0 saturated heterocycles. The third kappa shape index (κ3) is 4.52. The van der Waals surface area contributed by atoms with Crippen LogP contribution in [0.5, 0.6) is 5.75 Å². The molecular formula is C12H15NO5. The van der Waals surface area contributed by atoms with Gasteiger partial charge in [-0.15, -0.1) is 0 Å². The van der Waals surface area contributed by atoms with Crippen molar-refractivity contribution in [1.82, 2.24) is 0 Å². The zero-order valence-electron chi connectivity index (χ0n) is 9.92. The van der Waals surface area contributed by atoms with Gasteiger partial charge in [-0.05, 0) is 17.7 Å². The molecule has 0 heterocycles. The second-order valence-corrected chi connectivity index (χ2v) is 3.61. The van der Waals surface area contributed by atoms with Gasteiger partial charge in [0.25, 0.3) is 0 Å². The van der Waals surface area contributed by atoms with Gasteiger partial charge >= 0.3 is 5.97 Å². The van der Waals surface area contributed by atoms with Gasteiger partial charge in [0, 0.05) is 13.5 Å². The molecule has 18 heavy (non-hydrogen) atoms. The minimum atomic E-state index is -1.22. The van der Waals surface area contributed by atoms with Gasteiger partial charge in [-0.3, -0.25) is 5.41 Å². The number of carboxylic acids is 1. The number of aliphatic hydroxyl groups is 1. The quantitative estimate of drug-likeness (QED) is 0.490. The number of ether oxygens (including phenoxy) is 2. The van der Waals surface area contributed by atoms with Crippen LogP contribution in [0.25, 0.3) is 0 Å². The fourth-order valence-corrected chi connectivity index (χ4v) is 1.22. The summed E-state index contributed by atoms with van der Waals surface area (Å²) < 4.78 is 9.83. The SMILES string of the molecule is COC(O)COc1ccc(CC(=N)C(=O)O)cc1. The van der Waals surface area contributed by atoms with Crippen LogP contribution in [0.1, 0.15) is 5.56 Å². The number of aliphatic hydroxyl groups excluding tert-OH is 1. The van der Waals surface area contributed by atoms with Crippen molar-refractivity contribution >= 4 is 11.7 Å². The van der Waals surface area contributed by atoms with Gasteiger partial charge in [0.2, 0.25) is 0 Å². The summed E-state index contributed by atoms with van der Waals surface area (Å²) in [4.78, 5) is 10.5. The van der Waals surface area contributed by atoms with Crippen molar-refractivity contribution < 1.29 is 24.5 Å². The van der Waals surface area contributed by atoms with Crippen LogP contribution in [-0.2, 0) is 16.0 Å². The average molecular weight is 253 g/mol. The maximum Gasteiger partial charge on any atom is 0.349 e. The summed E-state index contributed by atoms with van der Waals surface area (Å²) in [5, 5.41) is 24.9. The van der Waals surface area contributed by atoms with Gasteiger partial charge in [0.05, 0.1) is 0 Å². The standard InChI is InChI=1S/C12H15NO5/c1-17-11(14)7-18-9-4-2-8(3-5-9)6-10(13)12(15)16/h2-5,11,13-14H,6-7H2,1H3,(H,15,16). The number of carbonyl (C=O) groups is 1. The highest BCUT2D eigenvalue weighted by Crippen LogP contribution is 2.13. The Morgan fingerprint density at radius 2 is 2.00 bits per heavy atom. The zero-order valence-corrected chi connectivity index (χ0v) is 9.92. The zero-order chi connectivity index (χ0) is 13.5. The largest absolute Gasteiger partial charge is 0.488 e. The van der Waals surface area contributed by atoms with E-state index in [4.69, 9.17) is 20.4 Å². The van der Waals surface area contributed by atoms with Gasteiger partial charge in [-0.2, -0.15) is 0 Å². The van der Waals surface area contributed by atoms with E-state index in [0.29, 0.717) is 11.3 Å². The highest BCUT2D eigenvalue weighted by molar-refractivity contribution is 6.34. The Labute approximate surface area is 104 Å². The Bertz CT molecular complexity index is 415. The summed E-state index contributed by atoms with van der Waals surface area (Å²) in [7, 11) is 1.37. The first kappa shape index (κ1) is 14.1. The van der Waals surface area contributed by atoms with E-state index in [1.807, 2.05) is 0 Å². The van der Waals surface area contributed by atoms with Crippen LogP contribution in [0.15, 0.2) is 24.3 Å². The molecule has 0 spiro atoms. The van der Waals surface area contributed by atoms with E-state index in [1.54, 1.807) is 24.3 Å². The molecule has 0 bridgehead atoms. The fourth-order valence-electron chi connectivity index (χ4n) is 1.22. The average Bonchev–Trinajstić information content (AvgIpc) is 2.37. The molecule has 0 aliphatic heterocycles. The fraction of sp³-hybridized carbons (Fsp3) is 0.333. The number of methoxy groups -OCH3 is 1. The molecule has 1 aromatic carbocycles. The van der Waals surface area contributed by atoms with Crippen molar-refractivity contribution in [2.24, 2.45) is 0 Å². The Balaban J connectivity index is 2.52. The molecule has 3 N–H and O–H groups in total. The number of aliphatic carboxylic acids is 1. The van der Waals surface area contributed by atoms with E-state index < -0.39 is 12.3 Å². The molecule has 0 radical (unpaired) electrons. The summed E-state index contributed by atoms with van der Waals surface area (Å²) in [6, 6.07) is 6.64. The second kappa shape index (κ2) is 6.73. The number of rotatable bonds is 7. The van der Waals surface area contributed by atoms with Gasteiger partial charge < -0.3 is 19.7 Å². The van der Waals surface area contributed by atoms with Crippen LogP contribution >= 0.6 is 0 Å². The first-order chi connectivity index (χ1) is 8.52. The lowest BCUT2D eigenvalue weighted by Crippen LogP contribution is -2.19. The van der Waals surface area contributed by atoms with Gasteiger partial charge in [-0.1, -0.05) is 12.1 Å². The van der Waals surface area contributed by atoms with Crippen LogP contribution in [0.3, 0.4) is 0 Å². The molecular weight excluding hydrogens is 238 g/mol. The summed E-state index contributed by atoms with van der Waals surface area (Å²) in [5.41, 5.74) is 0.348. The molecule has 0 fully saturated rings. The maximum atomic E-state index is 10.5. The van der Waals surface area contributed by atoms with E-state index in [-0.39, 0.29) is 18.7 Å². The molecule has 0 aliphatic carbocycles. The van der Waals surface area contributed by atoms with E-state index in [2.05, 4.69) is 4.74 Å². The molecule has 0 saturated carbocycles. The Kier molecular flexibility index (Phi) is 5.29. The lowest BCUT2D eigenvalue weighted by molar-refractivity contribution is -0.129. The van der Waals surface area contributed by atoms with Crippen molar-refractivity contribution in [3.05, 3.63) is 29.8 Å². The topological polar surface area (TPSA) is 99.8 Å². The van der Waals surface area contributed by atoms with Crippen LogP contribution in [0.2, 0.25) is 0 Å². The third-order valence-electron chi connectivity index (χ3n) is 2.23. The molecule has 98 valence electrons. The molecule has 6 nitrogen and oxygen atoms in total. The molecule has 0 aromatic heterocycles. The highest BCUT2D eigenvalue weighted by Gasteiger charge is 2.08. The first-order valence-electron chi connectivity index (χ1n) is 5.26. The third-order valence-corrected chi connectivity index (χ3v) is 2.23. The lowest BCUT2D eigenvalue weighted by Gasteiger charge is -2.10. The Hall–Kier alpha value is -1.92. The molecule has 1 atom stereocenters. The van der Waals surface area contributed by atoms with E-state index in [9.17, 15) is 4.79 Å². The van der Waals surface area contributed by atoms with Gasteiger partial charge in [0.15, 0.2) is 6.29 Å². The maximum absolute atomic E-state index is 10.5. The minimum Gasteiger partial charge on any atom is -0.488 e. The predicted octanol–water partition coefficient (Wildman–Crippen LogP) is 0.677. The molecule has 0 amide bonds. The van der Waals surface area contributed by atoms with Gasteiger partial charge in [-0.25, -0.2) is 4.79 Å². The van der Waals surface area contributed by atoms with Crippen LogP contribution < -0.4 is 4.74 Å². The van der Waals surface area contributed by atoms with E-state index in [1.165, 1.54) is 7.11 Å². The number of nitrogens with one attached hydrogen (secondary N) is 1. The second-order valence-electron chi connectivity index (χ2n) is 3.61. The van der Waals surface area contributed by atoms with E-state index in [0.717, 1.165) is 0 Å². The summed E-state index contributed by atoms with van der Waals surface area (Å²) in [6.45, 7) is 0.0147. The number of hydrogen-bond acceptors (Lipinski definition) is 5. The molecule has 1 rings (SSSR count). The van der Waals surface area contributed by atoms with Crippen molar-refractivity contribution in [3.8, 4) is 5.75 Å². The minimum absolute atomic E-state index is 0.0147. The van der Waals surface area contributed by atoms with Crippen molar-refractivity contribution in [3.63, 3.8) is 0 Å². The number of carboxylic acid groups (broad SMARTS) is 1. The Morgan fingerprint density at radius 1 is 1.39 bits per heavy atom. The van der Waals surface area contributed by atoms with E-state index >= 15 is 0 Å². The monoisotopic (exact) mass is 253 g/mol. The Morgan fingerprint density at radius 3 is 2.50 bits per heavy atom. The van der Waals surface area contributed by atoms with Crippen molar-refractivity contribution in [1.29, 1.82) is 5.41 Å². The number of benzene rings is 1. The normalized spacial score (nSPS) is 11.9. The lowest BCUT2D eigenvalue weighted by atomic mass is 10.1. The van der Waals surface area contributed by atoms with Crippen LogP contribution in [0.4, 0.5) is 0 Å². The molecule has 6 heteroatoms. The van der Waals surface area contributed by atoms with Crippen molar-refractivity contribution in [2.45, 2.75) is 12.7 Å². The van der Waals surface area contributed by atoms with Crippen LogP contribution in [0, 0.1) is 5.41 Å². The van der Waals surface area contributed by atoms with Crippen LogP contribution in [-0.4, -0.2) is 41.9 Å². The summed E-state index contributed by atoms with van der Waals surface area (Å²) in [6.07, 6.45) is -0.916. The summed E-state index contributed by atoms with van der Waals surface area (Å²) >= 11 is 0. The summed E-state index contributed by atoms with van der Waals surface area (Å²) in [5.74, 6) is -0.685. The first-order valence-corrected chi connectivity index (χ1v) is 5.26. The molecule has 1 unspecified atom stereocenters. The molecule has 0 aliphatic rings. The smallest absolute Gasteiger partial charge is 0.349 e. The van der Waals surface area contributed by atoms with Gasteiger partial charge in [0.1, 0.15) is 18.1 Å². The predicted molar refractivity (Wildman–Crippen MR) is 64.0 cm³/mol. The highest BCUT2D eigenvalue weighted by atomic mass is 16.6.